The molecular formula is C16H15N5O. The van der Waals surface area contributed by atoms with Gasteiger partial charge in [-0.15, -0.1) is 0 Å². The first-order valence-corrected chi connectivity index (χ1v) is 7.26. The van der Waals surface area contributed by atoms with E-state index in [1.807, 2.05) is 37.6 Å². The minimum Gasteiger partial charge on any atom is -0.294 e. The number of aryl methyl sites for hydroxylation is 1. The third-order valence-electron chi connectivity index (χ3n) is 3.80. The Morgan fingerprint density at radius 2 is 2.14 bits per heavy atom. The van der Waals surface area contributed by atoms with E-state index in [1.165, 1.54) is 0 Å². The van der Waals surface area contributed by atoms with E-state index in [1.54, 1.807) is 10.9 Å². The largest absolute Gasteiger partial charge is 0.294 e. The molecule has 1 aromatic carbocycles. The molecule has 0 atom stereocenters. The molecule has 2 heterocycles. The second-order valence-corrected chi connectivity index (χ2v) is 5.63. The highest BCUT2D eigenvalue weighted by molar-refractivity contribution is 5.93. The highest BCUT2D eigenvalue weighted by Gasteiger charge is 2.30. The first kappa shape index (κ1) is 12.9. The molecule has 2 aromatic heterocycles. The molecule has 0 spiro atoms. The highest BCUT2D eigenvalue weighted by Crippen LogP contribution is 2.30. The Balaban J connectivity index is 1.69. The van der Waals surface area contributed by atoms with Gasteiger partial charge in [-0.05, 0) is 24.5 Å². The molecule has 0 unspecified atom stereocenters. The van der Waals surface area contributed by atoms with Crippen LogP contribution in [0.5, 0.6) is 0 Å². The minimum atomic E-state index is 0.0164. The third-order valence-corrected chi connectivity index (χ3v) is 3.80. The van der Waals surface area contributed by atoms with Crippen molar-refractivity contribution in [1.82, 2.24) is 19.7 Å². The zero-order chi connectivity index (χ0) is 15.1. The maximum Gasteiger partial charge on any atom is 0.229 e. The highest BCUT2D eigenvalue weighted by atomic mass is 16.2. The van der Waals surface area contributed by atoms with Gasteiger partial charge in [0.15, 0.2) is 0 Å². The molecule has 1 amide bonds. The van der Waals surface area contributed by atoms with Crippen molar-refractivity contribution in [2.75, 3.05) is 5.32 Å². The number of carbonyl (C=O) groups is 1. The summed E-state index contributed by atoms with van der Waals surface area (Å²) >= 11 is 0. The minimum absolute atomic E-state index is 0.0164. The number of hydrogen-bond acceptors (Lipinski definition) is 4. The molecule has 1 N–H and O–H groups in total. The second kappa shape index (κ2) is 4.91. The molecule has 0 saturated heterocycles. The maximum atomic E-state index is 11.8. The molecule has 3 aromatic rings. The van der Waals surface area contributed by atoms with Crippen molar-refractivity contribution in [3.05, 3.63) is 36.8 Å². The molecule has 1 saturated carbocycles. The Hall–Kier alpha value is -2.76. The van der Waals surface area contributed by atoms with Crippen LogP contribution in [-0.4, -0.2) is 25.7 Å². The van der Waals surface area contributed by atoms with E-state index in [0.717, 1.165) is 34.9 Å². The lowest BCUT2D eigenvalue weighted by atomic mass is 10.1. The number of anilines is 1. The van der Waals surface area contributed by atoms with Crippen LogP contribution in [-0.2, 0) is 11.8 Å². The topological polar surface area (TPSA) is 72.7 Å². The van der Waals surface area contributed by atoms with Gasteiger partial charge in [-0.3, -0.25) is 14.8 Å². The summed E-state index contributed by atoms with van der Waals surface area (Å²) in [5.74, 6) is 0.525. The standard InChI is InChI=1S/C16H15N5O/c1-21-9-13(8-18-21)11-4-5-12-7-17-16(19-14(12)6-11)20-15(22)10-2-3-10/h4-10H,2-3H2,1H3,(H,17,19,20,22). The van der Waals surface area contributed by atoms with Gasteiger partial charge in [0.2, 0.25) is 11.9 Å². The summed E-state index contributed by atoms with van der Waals surface area (Å²) in [6.45, 7) is 0. The predicted octanol–water partition coefficient (Wildman–Crippen LogP) is 2.38. The predicted molar refractivity (Wildman–Crippen MR) is 83.1 cm³/mol. The second-order valence-electron chi connectivity index (χ2n) is 5.63. The fourth-order valence-corrected chi connectivity index (χ4v) is 2.39. The van der Waals surface area contributed by atoms with Gasteiger partial charge in [0, 0.05) is 36.3 Å². The summed E-state index contributed by atoms with van der Waals surface area (Å²) in [5.41, 5.74) is 2.88. The van der Waals surface area contributed by atoms with Crippen LogP contribution in [0.25, 0.3) is 22.0 Å². The van der Waals surface area contributed by atoms with Gasteiger partial charge < -0.3 is 0 Å². The van der Waals surface area contributed by atoms with Crippen molar-refractivity contribution in [3.8, 4) is 11.1 Å². The van der Waals surface area contributed by atoms with E-state index in [-0.39, 0.29) is 11.8 Å². The van der Waals surface area contributed by atoms with Crippen LogP contribution in [0.3, 0.4) is 0 Å². The van der Waals surface area contributed by atoms with Gasteiger partial charge in [-0.25, -0.2) is 9.97 Å². The zero-order valence-corrected chi connectivity index (χ0v) is 12.2. The third kappa shape index (κ3) is 2.43. The fraction of sp³-hybridized carbons (Fsp3) is 0.250. The summed E-state index contributed by atoms with van der Waals surface area (Å²) in [6, 6.07) is 5.98. The van der Waals surface area contributed by atoms with E-state index < -0.39 is 0 Å². The molecule has 6 heteroatoms. The summed E-state index contributed by atoms with van der Waals surface area (Å²) in [5, 5.41) is 7.91. The fourth-order valence-electron chi connectivity index (χ4n) is 2.39. The molecule has 1 aliphatic carbocycles. The first-order valence-electron chi connectivity index (χ1n) is 7.26. The van der Waals surface area contributed by atoms with E-state index >= 15 is 0 Å². The number of carbonyl (C=O) groups excluding carboxylic acids is 1. The van der Waals surface area contributed by atoms with E-state index in [2.05, 4.69) is 20.4 Å². The molecule has 6 nitrogen and oxygen atoms in total. The number of benzene rings is 1. The molecule has 0 bridgehead atoms. The van der Waals surface area contributed by atoms with Gasteiger partial charge in [0.1, 0.15) is 0 Å². The molecule has 22 heavy (non-hydrogen) atoms. The van der Waals surface area contributed by atoms with Crippen LogP contribution in [0.1, 0.15) is 12.8 Å². The lowest BCUT2D eigenvalue weighted by Gasteiger charge is -2.05. The lowest BCUT2D eigenvalue weighted by Crippen LogP contribution is -2.15. The number of fused-ring (bicyclic) bond motifs is 1. The Morgan fingerprint density at radius 3 is 2.86 bits per heavy atom. The van der Waals surface area contributed by atoms with Gasteiger partial charge in [-0.2, -0.15) is 5.10 Å². The van der Waals surface area contributed by atoms with Crippen molar-refractivity contribution in [2.24, 2.45) is 13.0 Å². The summed E-state index contributed by atoms with van der Waals surface area (Å²) in [6.07, 6.45) is 7.43. The molecule has 110 valence electrons. The number of hydrogen-bond donors (Lipinski definition) is 1. The number of nitrogens with zero attached hydrogens (tertiary/aromatic N) is 4. The first-order chi connectivity index (χ1) is 10.7. The van der Waals surface area contributed by atoms with Crippen LogP contribution in [0.2, 0.25) is 0 Å². The van der Waals surface area contributed by atoms with Gasteiger partial charge in [0.25, 0.3) is 0 Å². The average molecular weight is 293 g/mol. The SMILES string of the molecule is Cn1cc(-c2ccc3cnc(NC(=O)C4CC4)nc3c2)cn1. The number of nitrogens with one attached hydrogen (secondary N) is 1. The van der Waals surface area contributed by atoms with Crippen LogP contribution >= 0.6 is 0 Å². The van der Waals surface area contributed by atoms with Crippen molar-refractivity contribution in [2.45, 2.75) is 12.8 Å². The van der Waals surface area contributed by atoms with Crippen molar-refractivity contribution < 1.29 is 4.79 Å². The van der Waals surface area contributed by atoms with Crippen molar-refractivity contribution in [1.29, 1.82) is 0 Å². The summed E-state index contributed by atoms with van der Waals surface area (Å²) in [4.78, 5) is 20.5. The normalized spacial score (nSPS) is 14.2. The smallest absolute Gasteiger partial charge is 0.229 e. The maximum absolute atomic E-state index is 11.8. The number of aromatic nitrogens is 4. The molecular weight excluding hydrogens is 278 g/mol. The van der Waals surface area contributed by atoms with E-state index in [9.17, 15) is 4.79 Å². The number of amides is 1. The molecule has 0 aliphatic heterocycles. The van der Waals surface area contributed by atoms with Crippen LogP contribution in [0.15, 0.2) is 36.8 Å². The quantitative estimate of drug-likeness (QED) is 0.804. The monoisotopic (exact) mass is 293 g/mol. The molecule has 1 aliphatic rings. The van der Waals surface area contributed by atoms with Crippen LogP contribution in [0, 0.1) is 5.92 Å². The molecule has 0 radical (unpaired) electrons. The van der Waals surface area contributed by atoms with Crippen molar-refractivity contribution in [3.63, 3.8) is 0 Å². The zero-order valence-electron chi connectivity index (χ0n) is 12.2. The van der Waals surface area contributed by atoms with E-state index in [4.69, 9.17) is 0 Å². The average Bonchev–Trinajstić information content (AvgIpc) is 3.28. The Kier molecular flexibility index (Phi) is 2.89. The van der Waals surface area contributed by atoms with Crippen molar-refractivity contribution >= 4 is 22.8 Å². The Bertz CT molecular complexity index is 866. The molecule has 1 fully saturated rings. The van der Waals surface area contributed by atoms with Crippen LogP contribution < -0.4 is 5.32 Å². The van der Waals surface area contributed by atoms with Gasteiger partial charge >= 0.3 is 0 Å². The van der Waals surface area contributed by atoms with E-state index in [0.29, 0.717) is 5.95 Å². The van der Waals surface area contributed by atoms with Crippen LogP contribution in [0.4, 0.5) is 5.95 Å². The lowest BCUT2D eigenvalue weighted by molar-refractivity contribution is -0.117. The van der Waals surface area contributed by atoms with Gasteiger partial charge in [0.05, 0.1) is 11.7 Å². The Morgan fingerprint density at radius 1 is 1.27 bits per heavy atom. The Labute approximate surface area is 127 Å². The summed E-state index contributed by atoms with van der Waals surface area (Å²) < 4.78 is 1.76. The summed E-state index contributed by atoms with van der Waals surface area (Å²) in [7, 11) is 1.89. The molecule has 4 rings (SSSR count). The van der Waals surface area contributed by atoms with Gasteiger partial charge in [-0.1, -0.05) is 12.1 Å². The number of rotatable bonds is 3.